The molecule has 0 aliphatic carbocycles. The number of piperidine rings is 1. The van der Waals surface area contributed by atoms with Crippen molar-refractivity contribution in [3.63, 3.8) is 0 Å². The largest absolute Gasteiger partial charge is 0.391 e. The Hall–Kier alpha value is -1.00. The summed E-state index contributed by atoms with van der Waals surface area (Å²) in [7, 11) is 0. The second kappa shape index (κ2) is 4.94. The van der Waals surface area contributed by atoms with E-state index in [1.807, 2.05) is 17.0 Å². The Kier molecular flexibility index (Phi) is 3.31. The third-order valence-corrected chi connectivity index (χ3v) is 4.89. The summed E-state index contributed by atoms with van der Waals surface area (Å²) in [5.41, 5.74) is 1.16. The van der Waals surface area contributed by atoms with Crippen LogP contribution in [0.5, 0.6) is 0 Å². The van der Waals surface area contributed by atoms with Gasteiger partial charge in [0.25, 0.3) is 0 Å². The van der Waals surface area contributed by atoms with Crippen molar-refractivity contribution in [2.75, 3.05) is 18.8 Å². The van der Waals surface area contributed by atoms with Crippen molar-refractivity contribution in [3.8, 4) is 0 Å². The van der Waals surface area contributed by atoms with Crippen LogP contribution in [0.25, 0.3) is 0 Å². The number of carbonyl (C=O) groups is 1. The number of rotatable bonds is 1. The van der Waals surface area contributed by atoms with Crippen LogP contribution in [0.2, 0.25) is 0 Å². The lowest BCUT2D eigenvalue weighted by Gasteiger charge is -2.32. The van der Waals surface area contributed by atoms with Crippen LogP contribution in [0.15, 0.2) is 29.2 Å². The zero-order valence-electron chi connectivity index (χ0n) is 10.2. The van der Waals surface area contributed by atoms with Gasteiger partial charge in [0.1, 0.15) is 0 Å². The Labute approximate surface area is 111 Å². The zero-order valence-corrected chi connectivity index (χ0v) is 11.0. The highest BCUT2D eigenvalue weighted by atomic mass is 32.2. The summed E-state index contributed by atoms with van der Waals surface area (Å²) in [6.07, 6.45) is 1.39. The minimum atomic E-state index is -0.341. The second-order valence-corrected chi connectivity index (χ2v) is 6.04. The molecular weight excluding hydrogens is 246 g/mol. The number of fused-ring (bicyclic) bond motifs is 1. The van der Waals surface area contributed by atoms with E-state index in [4.69, 9.17) is 0 Å². The number of β-amino-alcohol motifs (C(OH)–C–C–N with tert-alkyl or cyclic N) is 1. The lowest BCUT2D eigenvalue weighted by Crippen LogP contribution is -2.44. The number of hydrogen-bond acceptors (Lipinski definition) is 3. The van der Waals surface area contributed by atoms with Gasteiger partial charge in [-0.15, -0.1) is 11.8 Å². The molecule has 2 aliphatic rings. The smallest absolute Gasteiger partial charge is 0.231 e. The van der Waals surface area contributed by atoms with Crippen LogP contribution in [-0.2, 0) is 4.79 Å². The first-order valence-electron chi connectivity index (χ1n) is 6.44. The molecule has 3 nitrogen and oxygen atoms in total. The van der Waals surface area contributed by atoms with Crippen molar-refractivity contribution >= 4 is 17.7 Å². The summed E-state index contributed by atoms with van der Waals surface area (Å²) in [4.78, 5) is 15.6. The van der Waals surface area contributed by atoms with E-state index in [1.54, 1.807) is 11.8 Å². The number of aliphatic hydroxyl groups is 1. The fourth-order valence-corrected chi connectivity index (χ4v) is 3.96. The summed E-state index contributed by atoms with van der Waals surface area (Å²) in [5.74, 6) is 1.01. The second-order valence-electron chi connectivity index (χ2n) is 4.98. The summed E-state index contributed by atoms with van der Waals surface area (Å²) >= 11 is 1.76. The van der Waals surface area contributed by atoms with Gasteiger partial charge in [-0.2, -0.15) is 0 Å². The minimum Gasteiger partial charge on any atom is -0.391 e. The molecule has 2 aliphatic heterocycles. The molecule has 18 heavy (non-hydrogen) atoms. The Bertz CT molecular complexity index is 463. The molecule has 4 heteroatoms. The maximum Gasteiger partial charge on any atom is 0.231 e. The molecule has 0 aromatic heterocycles. The van der Waals surface area contributed by atoms with Crippen molar-refractivity contribution in [2.24, 2.45) is 0 Å². The SMILES string of the molecule is O=C(C1CSc2ccccc21)N1CCCC(O)C1. The van der Waals surface area contributed by atoms with Crippen LogP contribution in [0.4, 0.5) is 0 Å². The highest BCUT2D eigenvalue weighted by molar-refractivity contribution is 7.99. The molecule has 1 saturated heterocycles. The monoisotopic (exact) mass is 263 g/mol. The van der Waals surface area contributed by atoms with Gasteiger partial charge in [0.15, 0.2) is 0 Å². The Morgan fingerprint density at radius 2 is 2.22 bits per heavy atom. The number of benzene rings is 1. The standard InChI is InChI=1S/C14H17NO2S/c16-10-4-3-7-15(8-10)14(17)12-9-18-13-6-2-1-5-11(12)13/h1-2,5-6,10,12,16H,3-4,7-9H2. The summed E-state index contributed by atoms with van der Waals surface area (Å²) in [6.45, 7) is 1.29. The molecule has 1 N–H and O–H groups in total. The maximum absolute atomic E-state index is 12.5. The normalized spacial score (nSPS) is 27.1. The molecule has 2 unspecified atom stereocenters. The van der Waals surface area contributed by atoms with Crippen molar-refractivity contribution in [1.82, 2.24) is 4.90 Å². The lowest BCUT2D eigenvalue weighted by atomic mass is 9.98. The molecule has 0 spiro atoms. The van der Waals surface area contributed by atoms with Gasteiger partial charge in [-0.3, -0.25) is 4.79 Å². The van der Waals surface area contributed by atoms with Gasteiger partial charge in [0, 0.05) is 23.7 Å². The number of hydrogen-bond donors (Lipinski definition) is 1. The van der Waals surface area contributed by atoms with E-state index in [1.165, 1.54) is 4.90 Å². The van der Waals surface area contributed by atoms with E-state index in [0.29, 0.717) is 6.54 Å². The highest BCUT2D eigenvalue weighted by Crippen LogP contribution is 2.40. The number of nitrogens with zero attached hydrogens (tertiary/aromatic N) is 1. The Balaban J connectivity index is 1.78. The van der Waals surface area contributed by atoms with Crippen LogP contribution in [-0.4, -0.2) is 40.9 Å². The number of likely N-dealkylation sites (tertiary alicyclic amines) is 1. The molecule has 2 atom stereocenters. The van der Waals surface area contributed by atoms with E-state index < -0.39 is 0 Å². The molecule has 3 rings (SSSR count). The van der Waals surface area contributed by atoms with Gasteiger partial charge < -0.3 is 10.0 Å². The first-order chi connectivity index (χ1) is 8.75. The van der Waals surface area contributed by atoms with E-state index in [-0.39, 0.29) is 17.9 Å². The van der Waals surface area contributed by atoms with Gasteiger partial charge in [-0.1, -0.05) is 18.2 Å². The van der Waals surface area contributed by atoms with Crippen molar-refractivity contribution < 1.29 is 9.90 Å². The molecule has 0 bridgehead atoms. The number of aliphatic hydroxyl groups excluding tert-OH is 1. The van der Waals surface area contributed by atoms with Gasteiger partial charge in [-0.05, 0) is 24.5 Å². The van der Waals surface area contributed by atoms with Crippen molar-refractivity contribution in [3.05, 3.63) is 29.8 Å². The molecule has 1 aromatic rings. The molecule has 1 fully saturated rings. The number of thioether (sulfide) groups is 1. The topological polar surface area (TPSA) is 40.5 Å². The summed E-state index contributed by atoms with van der Waals surface area (Å²) in [6, 6.07) is 8.15. The van der Waals surface area contributed by atoms with E-state index >= 15 is 0 Å². The van der Waals surface area contributed by atoms with E-state index in [0.717, 1.165) is 30.7 Å². The van der Waals surface area contributed by atoms with Crippen LogP contribution >= 0.6 is 11.8 Å². The molecule has 2 heterocycles. The third-order valence-electron chi connectivity index (χ3n) is 3.71. The van der Waals surface area contributed by atoms with Crippen LogP contribution in [0.3, 0.4) is 0 Å². The quantitative estimate of drug-likeness (QED) is 0.841. The molecule has 96 valence electrons. The predicted octanol–water partition coefficient (Wildman–Crippen LogP) is 1.86. The lowest BCUT2D eigenvalue weighted by molar-refractivity contribution is -0.135. The van der Waals surface area contributed by atoms with Gasteiger partial charge >= 0.3 is 0 Å². The van der Waals surface area contributed by atoms with Crippen LogP contribution < -0.4 is 0 Å². The minimum absolute atomic E-state index is 0.0171. The average molecular weight is 263 g/mol. The molecule has 1 amide bonds. The summed E-state index contributed by atoms with van der Waals surface area (Å²) < 4.78 is 0. The molecule has 0 radical (unpaired) electrons. The maximum atomic E-state index is 12.5. The molecule has 0 saturated carbocycles. The van der Waals surface area contributed by atoms with Crippen molar-refractivity contribution in [1.29, 1.82) is 0 Å². The van der Waals surface area contributed by atoms with Gasteiger partial charge in [0.2, 0.25) is 5.91 Å². The fraction of sp³-hybridized carbons (Fsp3) is 0.500. The fourth-order valence-electron chi connectivity index (χ4n) is 2.74. The molecular formula is C14H17NO2S. The van der Waals surface area contributed by atoms with E-state index in [2.05, 4.69) is 12.1 Å². The number of amides is 1. The van der Waals surface area contributed by atoms with Crippen LogP contribution in [0.1, 0.15) is 24.3 Å². The first kappa shape index (κ1) is 12.1. The third kappa shape index (κ3) is 2.15. The van der Waals surface area contributed by atoms with Crippen LogP contribution in [0, 0.1) is 0 Å². The highest BCUT2D eigenvalue weighted by Gasteiger charge is 2.33. The molecule has 1 aromatic carbocycles. The van der Waals surface area contributed by atoms with Gasteiger partial charge in [0.05, 0.1) is 12.0 Å². The van der Waals surface area contributed by atoms with Crippen molar-refractivity contribution in [2.45, 2.75) is 29.8 Å². The zero-order chi connectivity index (χ0) is 12.5. The predicted molar refractivity (Wildman–Crippen MR) is 71.7 cm³/mol. The van der Waals surface area contributed by atoms with Gasteiger partial charge in [-0.25, -0.2) is 0 Å². The Morgan fingerprint density at radius 1 is 1.39 bits per heavy atom. The van der Waals surface area contributed by atoms with E-state index in [9.17, 15) is 9.90 Å². The number of carbonyl (C=O) groups excluding carboxylic acids is 1. The Morgan fingerprint density at radius 3 is 3.06 bits per heavy atom. The average Bonchev–Trinajstić information content (AvgIpc) is 2.82. The summed E-state index contributed by atoms with van der Waals surface area (Å²) in [5, 5.41) is 9.67. The first-order valence-corrected chi connectivity index (χ1v) is 7.43.